The lowest BCUT2D eigenvalue weighted by Gasteiger charge is -2.27. The Labute approximate surface area is 290 Å². The van der Waals surface area contributed by atoms with Crippen molar-refractivity contribution in [1.82, 2.24) is 0 Å². The molecule has 7 heteroatoms. The predicted octanol–water partition coefficient (Wildman–Crippen LogP) is 12.4. The van der Waals surface area contributed by atoms with Crippen LogP contribution in [-0.2, 0) is 0 Å². The fraction of sp³-hybridized carbons (Fsp3) is 0.205. The summed E-state index contributed by atoms with van der Waals surface area (Å²) in [7, 11) is 0. The summed E-state index contributed by atoms with van der Waals surface area (Å²) >= 11 is 24.9. The Morgan fingerprint density at radius 2 is 0.891 bits per heavy atom. The summed E-state index contributed by atoms with van der Waals surface area (Å²) in [5, 5.41) is 24.5. The van der Waals surface area contributed by atoms with E-state index < -0.39 is 5.97 Å². The highest BCUT2D eigenvalue weighted by atomic mass is 35.5. The number of phenols is 1. The van der Waals surface area contributed by atoms with Crippen LogP contribution in [-0.4, -0.2) is 16.2 Å². The first kappa shape index (κ1) is 33.9. The average Bonchev–Trinajstić information content (AvgIpc) is 3.04. The van der Waals surface area contributed by atoms with Crippen molar-refractivity contribution in [2.24, 2.45) is 0 Å². The van der Waals surface area contributed by atoms with Crippen molar-refractivity contribution >= 4 is 52.4 Å². The van der Waals surface area contributed by atoms with Crippen LogP contribution in [0.2, 0.25) is 20.1 Å². The maximum Gasteiger partial charge on any atom is 0.339 e. The van der Waals surface area contributed by atoms with Gasteiger partial charge in [-0.15, -0.1) is 0 Å². The molecule has 0 bridgehead atoms. The van der Waals surface area contributed by atoms with Crippen LogP contribution in [0.1, 0.15) is 94.1 Å². The summed E-state index contributed by atoms with van der Waals surface area (Å²) < 4.78 is 0. The Bertz CT molecular complexity index is 1780. The molecule has 0 saturated heterocycles. The minimum absolute atomic E-state index is 0.0614. The Morgan fingerprint density at radius 3 is 1.28 bits per heavy atom. The molecule has 0 spiro atoms. The highest BCUT2D eigenvalue weighted by Crippen LogP contribution is 2.44. The fourth-order valence-corrected chi connectivity index (χ4v) is 6.67. The molecule has 2 N–H and O–H groups in total. The molecule has 0 fully saturated rings. The summed E-state index contributed by atoms with van der Waals surface area (Å²) in [6.45, 7) is 4.27. The number of aromatic carboxylic acids is 1. The van der Waals surface area contributed by atoms with Gasteiger partial charge < -0.3 is 10.2 Å². The molecule has 236 valence electrons. The zero-order valence-corrected chi connectivity index (χ0v) is 28.5. The first-order valence-corrected chi connectivity index (χ1v) is 16.6. The van der Waals surface area contributed by atoms with Crippen LogP contribution in [0, 0.1) is 0 Å². The van der Waals surface area contributed by atoms with Gasteiger partial charge in [-0.2, -0.15) is 0 Å². The van der Waals surface area contributed by atoms with Gasteiger partial charge in [-0.3, -0.25) is 0 Å². The zero-order chi connectivity index (χ0) is 33.0. The van der Waals surface area contributed by atoms with Crippen molar-refractivity contribution in [3.8, 4) is 5.75 Å². The molecule has 46 heavy (non-hydrogen) atoms. The molecular weight excluding hydrogens is 658 g/mol. The molecular formula is C39H34Cl4O3. The van der Waals surface area contributed by atoms with Gasteiger partial charge in [0.15, 0.2) is 0 Å². The molecule has 0 heterocycles. The summed E-state index contributed by atoms with van der Waals surface area (Å²) in [4.78, 5) is 12.7. The fourth-order valence-electron chi connectivity index (χ4n) is 6.17. The van der Waals surface area contributed by atoms with Gasteiger partial charge in [0.25, 0.3) is 0 Å². The van der Waals surface area contributed by atoms with E-state index in [1.54, 1.807) is 6.07 Å². The van der Waals surface area contributed by atoms with Crippen LogP contribution in [0.15, 0.2) is 109 Å². The first-order chi connectivity index (χ1) is 22.0. The maximum absolute atomic E-state index is 12.7. The van der Waals surface area contributed by atoms with E-state index in [9.17, 15) is 15.0 Å². The van der Waals surface area contributed by atoms with Gasteiger partial charge in [0.1, 0.15) is 11.3 Å². The number of aromatic hydroxyl groups is 1. The van der Waals surface area contributed by atoms with E-state index in [-0.39, 0.29) is 35.0 Å². The van der Waals surface area contributed by atoms with Gasteiger partial charge in [0.05, 0.1) is 0 Å². The van der Waals surface area contributed by atoms with Crippen LogP contribution < -0.4 is 0 Å². The third-order valence-corrected chi connectivity index (χ3v) is 9.78. The normalized spacial score (nSPS) is 14.0. The van der Waals surface area contributed by atoms with Crippen molar-refractivity contribution in [2.75, 3.05) is 0 Å². The van der Waals surface area contributed by atoms with Crippen molar-refractivity contribution in [2.45, 2.75) is 50.4 Å². The van der Waals surface area contributed by atoms with Crippen molar-refractivity contribution < 1.29 is 15.0 Å². The highest BCUT2D eigenvalue weighted by molar-refractivity contribution is 6.31. The number of halogens is 4. The molecule has 0 aliphatic carbocycles. The number of benzene rings is 5. The van der Waals surface area contributed by atoms with E-state index in [0.717, 1.165) is 27.8 Å². The molecule has 5 aromatic carbocycles. The third-order valence-electron chi connectivity index (χ3n) is 8.77. The molecule has 3 nitrogen and oxygen atoms in total. The van der Waals surface area contributed by atoms with Crippen LogP contribution >= 0.6 is 46.4 Å². The van der Waals surface area contributed by atoms with Gasteiger partial charge in [0, 0.05) is 37.5 Å². The number of carbonyl (C=O) groups is 1. The lowest BCUT2D eigenvalue weighted by molar-refractivity contribution is 0.0693. The molecule has 4 unspecified atom stereocenters. The third kappa shape index (κ3) is 8.08. The van der Waals surface area contributed by atoms with Crippen LogP contribution in [0.3, 0.4) is 0 Å². The Morgan fingerprint density at radius 1 is 0.543 bits per heavy atom. The number of carboxylic acids is 1. The van der Waals surface area contributed by atoms with E-state index >= 15 is 0 Å². The smallest absolute Gasteiger partial charge is 0.339 e. The molecule has 5 aromatic rings. The van der Waals surface area contributed by atoms with Gasteiger partial charge >= 0.3 is 5.97 Å². The van der Waals surface area contributed by atoms with Crippen LogP contribution in [0.5, 0.6) is 5.75 Å². The number of hydrogen-bond donors (Lipinski definition) is 2. The van der Waals surface area contributed by atoms with Gasteiger partial charge in [-0.05, 0) is 107 Å². The van der Waals surface area contributed by atoms with Gasteiger partial charge in [-0.25, -0.2) is 4.79 Å². The number of rotatable bonds is 11. The van der Waals surface area contributed by atoms with E-state index in [0.29, 0.717) is 38.5 Å². The number of hydrogen-bond acceptors (Lipinski definition) is 2. The lowest BCUT2D eigenvalue weighted by atomic mass is 9.77. The Hall–Kier alpha value is -3.47. The lowest BCUT2D eigenvalue weighted by Crippen LogP contribution is -2.12. The topological polar surface area (TPSA) is 57.5 Å². The predicted molar refractivity (Wildman–Crippen MR) is 191 cm³/mol. The van der Waals surface area contributed by atoms with Crippen molar-refractivity contribution in [3.05, 3.63) is 168 Å². The first-order valence-electron chi connectivity index (χ1n) is 15.1. The summed E-state index contributed by atoms with van der Waals surface area (Å²) in [5.41, 5.74) is 5.35. The standard InChI is InChI=1S/C39H34Cl4O3/c1-23(25-3-11-30(40)12-4-25)19-34(27-7-15-32(42)16-8-27)29-21-36(38(44)37(22-29)39(45)46)35(28-9-17-33(43)18-10-28)20-24(2)26-5-13-31(41)14-6-26/h3-18,21-24,34-35,44H,19-20H2,1-2H3,(H,45,46). The molecule has 0 amide bonds. The number of carboxylic acid groups (broad SMARTS) is 1. The molecule has 4 atom stereocenters. The molecule has 0 aliphatic heterocycles. The molecule has 0 saturated carbocycles. The quantitative estimate of drug-likeness (QED) is 0.145. The average molecular weight is 693 g/mol. The Kier molecular flexibility index (Phi) is 11.0. The monoisotopic (exact) mass is 690 g/mol. The van der Waals surface area contributed by atoms with Gasteiger partial charge in [0.2, 0.25) is 0 Å². The summed E-state index contributed by atoms with van der Waals surface area (Å²) in [6, 6.07) is 34.3. The van der Waals surface area contributed by atoms with E-state index in [1.807, 2.05) is 103 Å². The van der Waals surface area contributed by atoms with Crippen molar-refractivity contribution in [3.63, 3.8) is 0 Å². The van der Waals surface area contributed by atoms with Crippen LogP contribution in [0.25, 0.3) is 0 Å². The Balaban J connectivity index is 1.66. The molecule has 0 aromatic heterocycles. The molecule has 0 radical (unpaired) electrons. The minimum atomic E-state index is -1.19. The minimum Gasteiger partial charge on any atom is -0.507 e. The largest absolute Gasteiger partial charge is 0.507 e. The van der Waals surface area contributed by atoms with E-state index in [1.165, 1.54) is 0 Å². The SMILES string of the molecule is CC(CC(c1ccc(Cl)cc1)c1cc(C(=O)O)c(O)c(C(CC(C)c2ccc(Cl)cc2)c2ccc(Cl)cc2)c1)c1ccc(Cl)cc1. The molecule has 0 aliphatic rings. The van der Waals surface area contributed by atoms with Gasteiger partial charge in [-0.1, -0.05) is 115 Å². The van der Waals surface area contributed by atoms with Crippen LogP contribution in [0.4, 0.5) is 0 Å². The molecule has 5 rings (SSSR count). The van der Waals surface area contributed by atoms with E-state index in [4.69, 9.17) is 46.4 Å². The summed E-state index contributed by atoms with van der Waals surface area (Å²) in [6.07, 6.45) is 1.28. The highest BCUT2D eigenvalue weighted by Gasteiger charge is 2.28. The zero-order valence-electron chi connectivity index (χ0n) is 25.4. The second-order valence-electron chi connectivity index (χ2n) is 11.9. The second-order valence-corrected chi connectivity index (χ2v) is 13.6. The summed E-state index contributed by atoms with van der Waals surface area (Å²) in [5.74, 6) is -1.78. The van der Waals surface area contributed by atoms with Crippen molar-refractivity contribution in [1.29, 1.82) is 0 Å². The maximum atomic E-state index is 12.7. The van der Waals surface area contributed by atoms with E-state index in [2.05, 4.69) is 13.8 Å². The second kappa shape index (κ2) is 15.0.